The zero-order valence-corrected chi connectivity index (χ0v) is 12.3. The molecule has 1 aromatic carbocycles. The third-order valence-electron chi connectivity index (χ3n) is 3.85. The van der Waals surface area contributed by atoms with Crippen molar-refractivity contribution >= 4 is 11.8 Å². The number of nitrogens with two attached hydrogens (primary N) is 1. The van der Waals surface area contributed by atoms with Crippen LogP contribution >= 0.6 is 0 Å². The molecule has 0 atom stereocenters. The Balaban J connectivity index is 1.99. The lowest BCUT2D eigenvalue weighted by Crippen LogP contribution is -2.37. The van der Waals surface area contributed by atoms with Crippen LogP contribution in [-0.2, 0) is 4.79 Å². The van der Waals surface area contributed by atoms with Gasteiger partial charge < -0.3 is 15.8 Å². The Morgan fingerprint density at radius 2 is 1.90 bits per heavy atom. The summed E-state index contributed by atoms with van der Waals surface area (Å²) in [5, 5.41) is 3.05. The Labute approximate surface area is 124 Å². The number of benzene rings is 1. The molecule has 1 aromatic rings. The minimum atomic E-state index is -0.563. The predicted molar refractivity (Wildman–Crippen MR) is 80.0 cm³/mol. The van der Waals surface area contributed by atoms with Crippen molar-refractivity contribution in [1.82, 2.24) is 5.32 Å². The first-order valence-electron chi connectivity index (χ1n) is 7.37. The summed E-state index contributed by atoms with van der Waals surface area (Å²) in [7, 11) is 0. The smallest absolute Gasteiger partial charge is 0.255 e. The number of nitrogens with one attached hydrogen (secondary N) is 1. The number of ether oxygens (including phenoxy) is 1. The molecule has 0 spiro atoms. The van der Waals surface area contributed by atoms with Gasteiger partial charge in [-0.1, -0.05) is 19.1 Å². The lowest BCUT2D eigenvalue weighted by Gasteiger charge is -2.27. The van der Waals surface area contributed by atoms with Gasteiger partial charge in [-0.05, 0) is 43.7 Å². The van der Waals surface area contributed by atoms with Crippen molar-refractivity contribution in [3.8, 4) is 5.75 Å². The maximum absolute atomic E-state index is 12.4. The van der Waals surface area contributed by atoms with Crippen molar-refractivity contribution < 1.29 is 14.3 Å². The molecule has 0 saturated heterocycles. The molecule has 0 unspecified atom stereocenters. The quantitative estimate of drug-likeness (QED) is 0.868. The van der Waals surface area contributed by atoms with Crippen LogP contribution in [0.5, 0.6) is 5.75 Å². The number of primary amides is 1. The van der Waals surface area contributed by atoms with E-state index in [1.54, 1.807) is 24.3 Å². The average Bonchev–Trinajstić information content (AvgIpc) is 2.47. The number of hydrogen-bond donors (Lipinski definition) is 2. The molecule has 1 fully saturated rings. The molecule has 5 nitrogen and oxygen atoms in total. The Morgan fingerprint density at radius 3 is 2.57 bits per heavy atom. The largest absolute Gasteiger partial charge is 0.483 e. The number of carbonyl (C=O) groups is 2. The van der Waals surface area contributed by atoms with Crippen molar-refractivity contribution in [2.45, 2.75) is 38.6 Å². The fraction of sp³-hybridized carbons (Fsp3) is 0.500. The van der Waals surface area contributed by atoms with Gasteiger partial charge in [-0.2, -0.15) is 0 Å². The molecule has 1 aliphatic carbocycles. The van der Waals surface area contributed by atoms with Crippen LogP contribution in [0.3, 0.4) is 0 Å². The first-order valence-corrected chi connectivity index (χ1v) is 7.37. The second kappa shape index (κ2) is 7.11. The molecule has 0 heterocycles. The normalized spacial score (nSPS) is 21.6. The van der Waals surface area contributed by atoms with Gasteiger partial charge in [0, 0.05) is 6.04 Å². The molecule has 0 aromatic heterocycles. The van der Waals surface area contributed by atoms with Crippen molar-refractivity contribution in [2.24, 2.45) is 11.7 Å². The first-order chi connectivity index (χ1) is 10.1. The van der Waals surface area contributed by atoms with E-state index < -0.39 is 5.91 Å². The molecule has 1 saturated carbocycles. The molecule has 1 aliphatic rings. The molecule has 0 aliphatic heterocycles. The second-order valence-corrected chi connectivity index (χ2v) is 5.68. The summed E-state index contributed by atoms with van der Waals surface area (Å²) in [6.07, 6.45) is 4.31. The van der Waals surface area contributed by atoms with E-state index in [1.165, 1.54) is 0 Å². The Morgan fingerprint density at radius 1 is 1.24 bits per heavy atom. The topological polar surface area (TPSA) is 81.4 Å². The van der Waals surface area contributed by atoms with Crippen LogP contribution in [0.15, 0.2) is 24.3 Å². The van der Waals surface area contributed by atoms with E-state index in [9.17, 15) is 9.59 Å². The zero-order valence-electron chi connectivity index (χ0n) is 12.3. The van der Waals surface area contributed by atoms with E-state index in [0.29, 0.717) is 11.3 Å². The highest BCUT2D eigenvalue weighted by atomic mass is 16.5. The van der Waals surface area contributed by atoms with Crippen molar-refractivity contribution in [1.29, 1.82) is 0 Å². The van der Waals surface area contributed by atoms with Gasteiger partial charge in [-0.25, -0.2) is 0 Å². The molecule has 21 heavy (non-hydrogen) atoms. The lowest BCUT2D eigenvalue weighted by atomic mass is 9.87. The van der Waals surface area contributed by atoms with E-state index in [4.69, 9.17) is 10.5 Å². The summed E-state index contributed by atoms with van der Waals surface area (Å²) in [6, 6.07) is 7.11. The third-order valence-corrected chi connectivity index (χ3v) is 3.85. The number of amides is 2. The number of carbonyl (C=O) groups excluding carboxylic acids is 2. The third kappa shape index (κ3) is 4.48. The van der Waals surface area contributed by atoms with Crippen molar-refractivity contribution in [3.63, 3.8) is 0 Å². The van der Waals surface area contributed by atoms with Crippen molar-refractivity contribution in [2.75, 3.05) is 6.61 Å². The van der Waals surface area contributed by atoms with Crippen LogP contribution < -0.4 is 15.8 Å². The van der Waals surface area contributed by atoms with Gasteiger partial charge in [0.15, 0.2) is 6.61 Å². The van der Waals surface area contributed by atoms with Crippen LogP contribution in [-0.4, -0.2) is 24.5 Å². The number of rotatable bonds is 5. The van der Waals surface area contributed by atoms with E-state index in [-0.39, 0.29) is 18.6 Å². The van der Waals surface area contributed by atoms with Gasteiger partial charge in [0.25, 0.3) is 11.8 Å². The summed E-state index contributed by atoms with van der Waals surface area (Å²) in [5.41, 5.74) is 5.51. The van der Waals surface area contributed by atoms with Gasteiger partial charge in [0.1, 0.15) is 5.75 Å². The average molecular weight is 290 g/mol. The minimum absolute atomic E-state index is 0.158. The highest BCUT2D eigenvalue weighted by molar-refractivity contribution is 5.97. The Hall–Kier alpha value is -2.04. The summed E-state index contributed by atoms with van der Waals surface area (Å²) < 4.78 is 5.29. The minimum Gasteiger partial charge on any atom is -0.483 e. The second-order valence-electron chi connectivity index (χ2n) is 5.68. The predicted octanol–water partition coefficient (Wildman–Crippen LogP) is 1.86. The van der Waals surface area contributed by atoms with Gasteiger partial charge in [0.2, 0.25) is 0 Å². The first kappa shape index (κ1) is 15.4. The number of hydrogen-bond acceptors (Lipinski definition) is 3. The fourth-order valence-corrected chi connectivity index (χ4v) is 2.60. The SMILES string of the molecule is CC1CCC(NC(=O)c2ccccc2OCC(N)=O)CC1. The highest BCUT2D eigenvalue weighted by Crippen LogP contribution is 2.24. The maximum atomic E-state index is 12.4. The summed E-state index contributed by atoms with van der Waals surface area (Å²) in [4.78, 5) is 23.2. The van der Waals surface area contributed by atoms with Gasteiger partial charge in [-0.3, -0.25) is 9.59 Å². The van der Waals surface area contributed by atoms with Crippen LogP contribution in [0.2, 0.25) is 0 Å². The van der Waals surface area contributed by atoms with E-state index in [1.807, 2.05) is 0 Å². The zero-order chi connectivity index (χ0) is 15.2. The van der Waals surface area contributed by atoms with Crippen LogP contribution in [0.25, 0.3) is 0 Å². The Kier molecular flexibility index (Phi) is 5.20. The molecule has 3 N–H and O–H groups in total. The van der Waals surface area contributed by atoms with Crippen LogP contribution in [0.4, 0.5) is 0 Å². The highest BCUT2D eigenvalue weighted by Gasteiger charge is 2.21. The molecular weight excluding hydrogens is 268 g/mol. The molecule has 0 bridgehead atoms. The molecule has 2 rings (SSSR count). The molecule has 2 amide bonds. The summed E-state index contributed by atoms with van der Waals surface area (Å²) in [6.45, 7) is 2.01. The van der Waals surface area contributed by atoms with E-state index >= 15 is 0 Å². The fourth-order valence-electron chi connectivity index (χ4n) is 2.60. The standard InChI is InChI=1S/C16H22N2O3/c1-11-6-8-12(9-7-11)18-16(20)13-4-2-3-5-14(13)21-10-15(17)19/h2-5,11-12H,6-10H2,1H3,(H2,17,19)(H,18,20). The van der Waals surface area contributed by atoms with Gasteiger partial charge in [0.05, 0.1) is 5.56 Å². The van der Waals surface area contributed by atoms with E-state index in [0.717, 1.165) is 31.6 Å². The Bertz CT molecular complexity index is 508. The summed E-state index contributed by atoms with van der Waals surface area (Å²) >= 11 is 0. The van der Waals surface area contributed by atoms with E-state index in [2.05, 4.69) is 12.2 Å². The maximum Gasteiger partial charge on any atom is 0.255 e. The lowest BCUT2D eigenvalue weighted by molar-refractivity contribution is -0.119. The molecule has 5 heteroatoms. The van der Waals surface area contributed by atoms with Gasteiger partial charge >= 0.3 is 0 Å². The monoisotopic (exact) mass is 290 g/mol. The van der Waals surface area contributed by atoms with Crippen molar-refractivity contribution in [3.05, 3.63) is 29.8 Å². The van der Waals surface area contributed by atoms with Crippen LogP contribution in [0.1, 0.15) is 43.0 Å². The summed E-state index contributed by atoms with van der Waals surface area (Å²) in [5.74, 6) is 0.406. The van der Waals surface area contributed by atoms with Crippen LogP contribution in [0, 0.1) is 5.92 Å². The number of para-hydroxylation sites is 1. The molecule has 114 valence electrons. The molecule has 0 radical (unpaired) electrons. The van der Waals surface area contributed by atoms with Gasteiger partial charge in [-0.15, -0.1) is 0 Å². The molecular formula is C16H22N2O3.